The Morgan fingerprint density at radius 1 is 1.07 bits per heavy atom. The van der Waals surface area contributed by atoms with Crippen LogP contribution in [0.1, 0.15) is 36.2 Å². The van der Waals surface area contributed by atoms with Crippen LogP contribution in [0.4, 0.5) is 0 Å². The molecule has 152 valence electrons. The highest BCUT2D eigenvalue weighted by molar-refractivity contribution is 7.89. The highest BCUT2D eigenvalue weighted by Gasteiger charge is 2.21. The smallest absolute Gasteiger partial charge is 0.251 e. The summed E-state index contributed by atoms with van der Waals surface area (Å²) >= 11 is 0. The van der Waals surface area contributed by atoms with Crippen molar-refractivity contribution in [1.29, 1.82) is 0 Å². The molecule has 0 spiro atoms. The molecule has 2 rings (SSSR count). The van der Waals surface area contributed by atoms with E-state index in [1.165, 1.54) is 28.6 Å². The highest BCUT2D eigenvalue weighted by Crippen LogP contribution is 2.16. The SMILES string of the molecule is CCN(CC)S(=O)(=O)c1ccc(C(=O)NCCCOc2cccc(C)c2)cc1. The Balaban J connectivity index is 1.83. The molecule has 0 saturated carbocycles. The maximum absolute atomic E-state index is 12.5. The van der Waals surface area contributed by atoms with Gasteiger partial charge in [-0.1, -0.05) is 26.0 Å². The summed E-state index contributed by atoms with van der Waals surface area (Å²) in [7, 11) is -3.51. The van der Waals surface area contributed by atoms with Crippen LogP contribution in [-0.2, 0) is 10.0 Å². The molecule has 0 aliphatic carbocycles. The number of amides is 1. The maximum atomic E-state index is 12.5. The number of sulfonamides is 1. The lowest BCUT2D eigenvalue weighted by Crippen LogP contribution is -2.30. The summed E-state index contributed by atoms with van der Waals surface area (Å²) in [6.07, 6.45) is 0.675. The van der Waals surface area contributed by atoms with E-state index in [4.69, 9.17) is 4.74 Å². The second kappa shape index (κ2) is 10.2. The normalized spacial score (nSPS) is 11.4. The lowest BCUT2D eigenvalue weighted by atomic mass is 10.2. The van der Waals surface area contributed by atoms with E-state index in [1.807, 2.05) is 31.2 Å². The van der Waals surface area contributed by atoms with Crippen molar-refractivity contribution in [2.45, 2.75) is 32.1 Å². The third kappa shape index (κ3) is 5.81. The van der Waals surface area contributed by atoms with E-state index in [0.29, 0.717) is 38.2 Å². The topological polar surface area (TPSA) is 75.7 Å². The van der Waals surface area contributed by atoms with Gasteiger partial charge in [0.2, 0.25) is 10.0 Å². The third-order valence-corrected chi connectivity index (χ3v) is 6.39. The molecule has 7 heteroatoms. The minimum absolute atomic E-state index is 0.194. The van der Waals surface area contributed by atoms with Gasteiger partial charge < -0.3 is 10.1 Å². The monoisotopic (exact) mass is 404 g/mol. The van der Waals surface area contributed by atoms with Gasteiger partial charge in [0.15, 0.2) is 0 Å². The zero-order chi connectivity index (χ0) is 20.6. The zero-order valence-corrected chi connectivity index (χ0v) is 17.5. The fourth-order valence-corrected chi connectivity index (χ4v) is 4.22. The standard InChI is InChI=1S/C21H28N2O4S/c1-4-23(5-2)28(25,26)20-12-10-18(11-13-20)21(24)22-14-7-15-27-19-9-6-8-17(3)16-19/h6,8-13,16H,4-5,7,14-15H2,1-3H3,(H,22,24). The number of ether oxygens (including phenoxy) is 1. The van der Waals surface area contributed by atoms with E-state index < -0.39 is 10.0 Å². The van der Waals surface area contributed by atoms with Gasteiger partial charge in [-0.05, 0) is 55.3 Å². The molecule has 0 unspecified atom stereocenters. The fraction of sp³-hybridized carbons (Fsp3) is 0.381. The van der Waals surface area contributed by atoms with E-state index in [0.717, 1.165) is 11.3 Å². The Labute approximate surface area is 167 Å². The Hall–Kier alpha value is -2.38. The van der Waals surface area contributed by atoms with E-state index in [9.17, 15) is 13.2 Å². The summed E-state index contributed by atoms with van der Waals surface area (Å²) in [5.74, 6) is 0.582. The van der Waals surface area contributed by atoms with Crippen LogP contribution in [0.25, 0.3) is 0 Å². The van der Waals surface area contributed by atoms with Crippen LogP contribution >= 0.6 is 0 Å². The summed E-state index contributed by atoms with van der Waals surface area (Å²) in [5, 5.41) is 2.82. The van der Waals surface area contributed by atoms with Gasteiger partial charge in [-0.25, -0.2) is 8.42 Å². The quantitative estimate of drug-likeness (QED) is 0.617. The molecule has 0 heterocycles. The van der Waals surface area contributed by atoms with E-state index >= 15 is 0 Å². The predicted octanol–water partition coefficient (Wildman–Crippen LogP) is 3.22. The number of rotatable bonds is 10. The third-order valence-electron chi connectivity index (χ3n) is 4.32. The van der Waals surface area contributed by atoms with Crippen LogP contribution in [0.5, 0.6) is 5.75 Å². The number of aryl methyl sites for hydroxylation is 1. The summed E-state index contributed by atoms with van der Waals surface area (Å²) in [6, 6.07) is 13.8. The Morgan fingerprint density at radius 3 is 2.36 bits per heavy atom. The second-order valence-corrected chi connectivity index (χ2v) is 8.33. The number of nitrogens with zero attached hydrogens (tertiary/aromatic N) is 1. The number of carbonyl (C=O) groups excluding carboxylic acids is 1. The summed E-state index contributed by atoms with van der Waals surface area (Å²) in [5.41, 5.74) is 1.57. The molecule has 0 saturated heterocycles. The first kappa shape index (κ1) is 21.9. The van der Waals surface area contributed by atoms with Crippen molar-refractivity contribution in [1.82, 2.24) is 9.62 Å². The minimum atomic E-state index is -3.51. The molecule has 0 bridgehead atoms. The van der Waals surface area contributed by atoms with Crippen molar-refractivity contribution in [2.24, 2.45) is 0 Å². The predicted molar refractivity (Wildman–Crippen MR) is 110 cm³/mol. The summed E-state index contributed by atoms with van der Waals surface area (Å²) < 4.78 is 32.0. The van der Waals surface area contributed by atoms with Gasteiger partial charge in [-0.2, -0.15) is 4.31 Å². The van der Waals surface area contributed by atoms with Crippen molar-refractivity contribution in [3.63, 3.8) is 0 Å². The number of hydrogen-bond donors (Lipinski definition) is 1. The van der Waals surface area contributed by atoms with Crippen molar-refractivity contribution in [3.8, 4) is 5.75 Å². The molecule has 0 atom stereocenters. The molecule has 0 radical (unpaired) electrons. The van der Waals surface area contributed by atoms with Crippen LogP contribution < -0.4 is 10.1 Å². The van der Waals surface area contributed by atoms with E-state index in [2.05, 4.69) is 5.32 Å². The Kier molecular flexibility index (Phi) is 8.02. The molecule has 2 aromatic carbocycles. The molecular weight excluding hydrogens is 376 g/mol. The number of carbonyl (C=O) groups is 1. The van der Waals surface area contributed by atoms with Crippen molar-refractivity contribution < 1.29 is 17.9 Å². The molecule has 0 aromatic heterocycles. The average molecular weight is 405 g/mol. The summed E-state index contributed by atoms with van der Waals surface area (Å²) in [4.78, 5) is 12.4. The summed E-state index contributed by atoms with van der Waals surface area (Å²) in [6.45, 7) is 7.40. The molecule has 0 fully saturated rings. The van der Waals surface area contributed by atoms with Crippen LogP contribution in [0, 0.1) is 6.92 Å². The number of hydrogen-bond acceptors (Lipinski definition) is 4. The lowest BCUT2D eigenvalue weighted by molar-refractivity contribution is 0.0951. The van der Waals surface area contributed by atoms with Gasteiger partial charge >= 0.3 is 0 Å². The van der Waals surface area contributed by atoms with Crippen molar-refractivity contribution in [3.05, 3.63) is 59.7 Å². The van der Waals surface area contributed by atoms with Gasteiger partial charge in [0.1, 0.15) is 5.75 Å². The van der Waals surface area contributed by atoms with Crippen LogP contribution in [0.3, 0.4) is 0 Å². The second-order valence-electron chi connectivity index (χ2n) is 6.39. The van der Waals surface area contributed by atoms with E-state index in [1.54, 1.807) is 13.8 Å². The van der Waals surface area contributed by atoms with Crippen LogP contribution in [0.15, 0.2) is 53.4 Å². The molecular formula is C21H28N2O4S. The minimum Gasteiger partial charge on any atom is -0.494 e. The molecule has 0 aliphatic rings. The highest BCUT2D eigenvalue weighted by atomic mass is 32.2. The van der Waals surface area contributed by atoms with Crippen LogP contribution in [-0.4, -0.2) is 44.9 Å². The lowest BCUT2D eigenvalue weighted by Gasteiger charge is -2.18. The average Bonchev–Trinajstić information content (AvgIpc) is 2.68. The van der Waals surface area contributed by atoms with Crippen molar-refractivity contribution in [2.75, 3.05) is 26.2 Å². The first-order valence-electron chi connectivity index (χ1n) is 9.46. The van der Waals surface area contributed by atoms with Gasteiger partial charge in [0.05, 0.1) is 11.5 Å². The fourth-order valence-electron chi connectivity index (χ4n) is 2.76. The largest absolute Gasteiger partial charge is 0.494 e. The molecule has 1 amide bonds. The number of nitrogens with one attached hydrogen (secondary N) is 1. The Bertz CT molecular complexity index is 876. The van der Waals surface area contributed by atoms with Crippen molar-refractivity contribution >= 4 is 15.9 Å². The van der Waals surface area contributed by atoms with E-state index in [-0.39, 0.29) is 10.8 Å². The van der Waals surface area contributed by atoms with Gasteiger partial charge in [0, 0.05) is 25.2 Å². The van der Waals surface area contributed by atoms with Gasteiger partial charge in [-0.15, -0.1) is 0 Å². The molecule has 0 aliphatic heterocycles. The zero-order valence-electron chi connectivity index (χ0n) is 16.6. The van der Waals surface area contributed by atoms with Gasteiger partial charge in [0.25, 0.3) is 5.91 Å². The molecule has 1 N–H and O–H groups in total. The number of benzene rings is 2. The molecule has 28 heavy (non-hydrogen) atoms. The molecule has 6 nitrogen and oxygen atoms in total. The first-order chi connectivity index (χ1) is 13.4. The maximum Gasteiger partial charge on any atom is 0.251 e. The van der Waals surface area contributed by atoms with Crippen LogP contribution in [0.2, 0.25) is 0 Å². The van der Waals surface area contributed by atoms with Gasteiger partial charge in [-0.3, -0.25) is 4.79 Å². The first-order valence-corrected chi connectivity index (χ1v) is 10.9. The molecule has 2 aromatic rings. The Morgan fingerprint density at radius 2 is 1.75 bits per heavy atom.